The van der Waals surface area contributed by atoms with Gasteiger partial charge in [-0.1, -0.05) is 39.8 Å². The van der Waals surface area contributed by atoms with Crippen molar-refractivity contribution in [2.75, 3.05) is 17.2 Å². The molecule has 9 heteroatoms. The molecule has 1 saturated heterocycles. The number of rotatable bonds is 5. The fourth-order valence-electron chi connectivity index (χ4n) is 5.54. The van der Waals surface area contributed by atoms with Crippen LogP contribution < -0.4 is 15.4 Å². The fourth-order valence-corrected chi connectivity index (χ4v) is 6.49. The third-order valence-electron chi connectivity index (χ3n) is 7.17. The van der Waals surface area contributed by atoms with Crippen LogP contribution in [-0.4, -0.2) is 36.4 Å². The molecular weight excluding hydrogens is 486 g/mol. The lowest BCUT2D eigenvalue weighted by Gasteiger charge is -2.35. The Labute approximate surface area is 220 Å². The first kappa shape index (κ1) is 27.1. The first-order valence-electron chi connectivity index (χ1n) is 13.0. The number of aromatic nitrogens is 2. The zero-order chi connectivity index (χ0) is 27.2. The van der Waals surface area contributed by atoms with Gasteiger partial charge in [0.15, 0.2) is 5.03 Å². The molecule has 37 heavy (non-hydrogen) atoms. The standard InChI is InChI=1S/C28H39N5O3S/c1-18-16-28(5,6)33(17-18)25-21(26(34)32-37(35,36)23-14-10-13-22(29)30-23)15-20(19-11-8-7-9-12-19)24(31-25)27(2,3)4/h10-11,13-15,18H,7-9,12,16-17H2,1-6H3,(H2,29,30)(H,32,34). The van der Waals surface area contributed by atoms with Gasteiger partial charge in [0.1, 0.15) is 11.6 Å². The van der Waals surface area contributed by atoms with Crippen LogP contribution in [0.4, 0.5) is 11.6 Å². The van der Waals surface area contributed by atoms with Crippen LogP contribution in [0.5, 0.6) is 0 Å². The molecule has 2 aromatic rings. The number of carbonyl (C=O) groups excluding carboxylic acids is 1. The summed E-state index contributed by atoms with van der Waals surface area (Å²) in [5, 5.41) is -0.299. The van der Waals surface area contributed by atoms with Crippen LogP contribution in [0.2, 0.25) is 0 Å². The number of nitrogen functional groups attached to an aromatic ring is 1. The van der Waals surface area contributed by atoms with E-state index in [0.29, 0.717) is 11.7 Å². The molecule has 0 spiro atoms. The summed E-state index contributed by atoms with van der Waals surface area (Å²) < 4.78 is 28.4. The molecule has 1 atom stereocenters. The van der Waals surface area contributed by atoms with Gasteiger partial charge in [0.25, 0.3) is 15.9 Å². The van der Waals surface area contributed by atoms with Crippen LogP contribution in [0, 0.1) is 5.92 Å². The Morgan fingerprint density at radius 2 is 1.92 bits per heavy atom. The maximum atomic E-state index is 13.7. The maximum Gasteiger partial charge on any atom is 0.281 e. The molecular formula is C28H39N5O3S. The Morgan fingerprint density at radius 1 is 1.19 bits per heavy atom. The Bertz CT molecular complexity index is 1340. The highest BCUT2D eigenvalue weighted by atomic mass is 32.2. The molecule has 2 aromatic heterocycles. The number of hydrogen-bond donors (Lipinski definition) is 2. The smallest absolute Gasteiger partial charge is 0.281 e. The maximum absolute atomic E-state index is 13.7. The van der Waals surface area contributed by atoms with Crippen molar-refractivity contribution in [3.8, 4) is 0 Å². The molecule has 3 heterocycles. The second-order valence-corrected chi connectivity index (χ2v) is 13.7. The Balaban J connectivity index is 1.89. The number of pyridine rings is 2. The molecule has 0 radical (unpaired) electrons. The summed E-state index contributed by atoms with van der Waals surface area (Å²) in [6.07, 6.45) is 7.27. The predicted molar refractivity (Wildman–Crippen MR) is 148 cm³/mol. The third-order valence-corrected chi connectivity index (χ3v) is 8.40. The first-order chi connectivity index (χ1) is 17.2. The summed E-state index contributed by atoms with van der Waals surface area (Å²) in [6, 6.07) is 6.16. The van der Waals surface area contributed by atoms with E-state index in [-0.39, 0.29) is 27.4 Å². The summed E-state index contributed by atoms with van der Waals surface area (Å²) in [5.74, 6) is 0.270. The van der Waals surface area contributed by atoms with Gasteiger partial charge in [-0.15, -0.1) is 0 Å². The average molecular weight is 526 g/mol. The highest BCUT2D eigenvalue weighted by Crippen LogP contribution is 2.41. The van der Waals surface area contributed by atoms with Gasteiger partial charge in [-0.2, -0.15) is 8.42 Å². The minimum Gasteiger partial charge on any atom is -0.384 e. The van der Waals surface area contributed by atoms with Gasteiger partial charge >= 0.3 is 0 Å². The van der Waals surface area contributed by atoms with Gasteiger partial charge < -0.3 is 10.6 Å². The van der Waals surface area contributed by atoms with Crippen molar-refractivity contribution < 1.29 is 13.2 Å². The number of carbonyl (C=O) groups is 1. The van der Waals surface area contributed by atoms with Gasteiger partial charge in [-0.05, 0) is 75.6 Å². The lowest BCUT2D eigenvalue weighted by molar-refractivity contribution is 0.0981. The fraction of sp³-hybridized carbons (Fsp3) is 0.536. The van der Waals surface area contributed by atoms with Crippen LogP contribution >= 0.6 is 0 Å². The highest BCUT2D eigenvalue weighted by Gasteiger charge is 2.40. The van der Waals surface area contributed by atoms with Crippen molar-refractivity contribution in [2.45, 2.75) is 89.6 Å². The predicted octanol–water partition coefficient (Wildman–Crippen LogP) is 5.06. The average Bonchev–Trinajstić information content (AvgIpc) is 3.09. The van der Waals surface area contributed by atoms with Gasteiger partial charge in [-0.3, -0.25) is 4.79 Å². The minimum atomic E-state index is -4.24. The van der Waals surface area contributed by atoms with E-state index in [4.69, 9.17) is 10.7 Å². The Kier molecular flexibility index (Phi) is 7.14. The second kappa shape index (κ2) is 9.74. The highest BCUT2D eigenvalue weighted by molar-refractivity contribution is 7.90. The van der Waals surface area contributed by atoms with Gasteiger partial charge in [0.2, 0.25) is 0 Å². The summed E-state index contributed by atoms with van der Waals surface area (Å²) in [6.45, 7) is 13.6. The summed E-state index contributed by atoms with van der Waals surface area (Å²) >= 11 is 0. The molecule has 1 aliphatic heterocycles. The normalized spacial score (nSPS) is 20.0. The van der Waals surface area contributed by atoms with Crippen molar-refractivity contribution in [1.82, 2.24) is 14.7 Å². The van der Waals surface area contributed by atoms with Crippen LogP contribution in [0.15, 0.2) is 35.4 Å². The van der Waals surface area contributed by atoms with E-state index in [1.807, 2.05) is 6.07 Å². The topological polar surface area (TPSA) is 118 Å². The van der Waals surface area contributed by atoms with Crippen molar-refractivity contribution in [3.05, 3.63) is 47.2 Å². The second-order valence-electron chi connectivity index (χ2n) is 12.0. The van der Waals surface area contributed by atoms with E-state index >= 15 is 0 Å². The summed E-state index contributed by atoms with van der Waals surface area (Å²) in [7, 11) is -4.24. The third kappa shape index (κ3) is 5.66. The molecule has 2 aliphatic rings. The van der Waals surface area contributed by atoms with E-state index < -0.39 is 15.9 Å². The number of sulfonamides is 1. The molecule has 0 saturated carbocycles. The number of nitrogens with two attached hydrogens (primary N) is 1. The van der Waals surface area contributed by atoms with E-state index in [1.165, 1.54) is 23.8 Å². The quantitative estimate of drug-likeness (QED) is 0.560. The van der Waals surface area contributed by atoms with Gasteiger partial charge in [0.05, 0.1) is 11.3 Å². The molecule has 8 nitrogen and oxygen atoms in total. The van der Waals surface area contributed by atoms with E-state index in [0.717, 1.165) is 49.9 Å². The molecule has 1 unspecified atom stereocenters. The van der Waals surface area contributed by atoms with E-state index in [1.54, 1.807) is 0 Å². The lowest BCUT2D eigenvalue weighted by atomic mass is 9.82. The van der Waals surface area contributed by atoms with E-state index in [2.05, 4.69) is 62.2 Å². The van der Waals surface area contributed by atoms with E-state index in [9.17, 15) is 13.2 Å². The number of nitrogens with zero attached hydrogens (tertiary/aromatic N) is 3. The summed E-state index contributed by atoms with van der Waals surface area (Å²) in [4.78, 5) is 25.0. The number of amides is 1. The largest absolute Gasteiger partial charge is 0.384 e. The van der Waals surface area contributed by atoms with Crippen molar-refractivity contribution in [2.24, 2.45) is 5.92 Å². The number of anilines is 2. The minimum absolute atomic E-state index is 0.0616. The molecule has 1 fully saturated rings. The Morgan fingerprint density at radius 3 is 2.49 bits per heavy atom. The zero-order valence-corrected chi connectivity index (χ0v) is 23.6. The summed E-state index contributed by atoms with van der Waals surface area (Å²) in [5.41, 5.74) is 8.44. The SMILES string of the molecule is CC1CN(c2nc(C(C)(C)C)c(C3=CCCCC3)cc2C(=O)NS(=O)(=O)c2cccc(N)n2)C(C)(C)C1. The number of nitrogens with one attached hydrogen (secondary N) is 1. The van der Waals surface area contributed by atoms with Crippen LogP contribution in [0.1, 0.15) is 95.3 Å². The zero-order valence-electron chi connectivity index (χ0n) is 22.8. The first-order valence-corrected chi connectivity index (χ1v) is 14.5. The van der Waals surface area contributed by atoms with Crippen molar-refractivity contribution in [1.29, 1.82) is 0 Å². The van der Waals surface area contributed by atoms with Gasteiger partial charge in [-0.25, -0.2) is 14.7 Å². The van der Waals surface area contributed by atoms with Crippen molar-refractivity contribution in [3.63, 3.8) is 0 Å². The molecule has 1 amide bonds. The lowest BCUT2D eigenvalue weighted by Crippen LogP contribution is -2.41. The van der Waals surface area contributed by atoms with Crippen LogP contribution in [-0.2, 0) is 15.4 Å². The monoisotopic (exact) mass is 525 g/mol. The van der Waals surface area contributed by atoms with Crippen LogP contribution in [0.25, 0.3) is 5.57 Å². The number of hydrogen-bond acceptors (Lipinski definition) is 7. The van der Waals surface area contributed by atoms with Crippen LogP contribution in [0.3, 0.4) is 0 Å². The molecule has 3 N–H and O–H groups in total. The molecule has 0 bridgehead atoms. The number of allylic oxidation sites excluding steroid dienone is 2. The molecule has 200 valence electrons. The van der Waals surface area contributed by atoms with Crippen molar-refractivity contribution >= 4 is 33.1 Å². The molecule has 1 aliphatic carbocycles. The molecule has 4 rings (SSSR count). The molecule has 0 aromatic carbocycles. The Hall–Kier alpha value is -2.94. The van der Waals surface area contributed by atoms with Gasteiger partial charge in [0, 0.05) is 23.1 Å².